The molecular weight excluding hydrogens is 1140 g/mol. The highest BCUT2D eigenvalue weighted by molar-refractivity contribution is 7.98. The summed E-state index contributed by atoms with van der Waals surface area (Å²) in [6.45, 7) is 1.73. The molecule has 476 valence electrons. The number of aliphatic hydroxyl groups is 6. The van der Waals surface area contributed by atoms with Crippen LogP contribution in [-0.4, -0.2) is 255 Å². The molecule has 32 heteroatoms. The first-order valence-corrected chi connectivity index (χ1v) is 29.5. The summed E-state index contributed by atoms with van der Waals surface area (Å²) in [6.07, 6.45) is -9.45. The molecule has 0 spiro atoms. The summed E-state index contributed by atoms with van der Waals surface area (Å²) in [7, 11) is 0. The Morgan fingerprint density at radius 1 is 0.788 bits per heavy atom. The van der Waals surface area contributed by atoms with E-state index in [1.54, 1.807) is 30.3 Å². The van der Waals surface area contributed by atoms with Gasteiger partial charge in [-0.15, -0.1) is 0 Å². The Balaban J connectivity index is 1.55. The Kier molecular flexibility index (Phi) is 29.3. The molecule has 3 aliphatic heterocycles. The second-order valence-corrected chi connectivity index (χ2v) is 22.5. The normalized spacial score (nSPS) is 26.4. The fourth-order valence-corrected chi connectivity index (χ4v) is 10.3. The van der Waals surface area contributed by atoms with Crippen molar-refractivity contribution in [2.24, 2.45) is 17.4 Å². The number of fused-ring (bicyclic) bond motifs is 2. The first kappa shape index (κ1) is 70.9. The third-order valence-corrected chi connectivity index (χ3v) is 15.0. The lowest BCUT2D eigenvalue weighted by molar-refractivity contribution is -0.149. The minimum Gasteiger partial charge on any atom is -0.394 e. The van der Waals surface area contributed by atoms with Crippen molar-refractivity contribution in [1.29, 1.82) is 0 Å². The molecule has 3 saturated heterocycles. The predicted molar refractivity (Wildman–Crippen MR) is 303 cm³/mol. The number of ether oxygens (including phenoxy) is 1. The van der Waals surface area contributed by atoms with Crippen LogP contribution >= 0.6 is 11.8 Å². The van der Waals surface area contributed by atoms with Crippen LogP contribution in [0.2, 0.25) is 0 Å². The van der Waals surface area contributed by atoms with Gasteiger partial charge in [0.25, 0.3) is 0 Å². The summed E-state index contributed by atoms with van der Waals surface area (Å²) in [5.74, 6) is -9.03. The van der Waals surface area contributed by atoms with Gasteiger partial charge in [0, 0.05) is 58.4 Å². The SMILES string of the molecule is CSCCC(NC=O)C(=O)NC(CC(C)C)C(=O)NC(Cc1ccccc1)C(=O)NCCC(=O)NCCC(O)C1NC(=O)C(CO)NC(=O)C2CC(O)CN2C(=O)C(C(C)O)NC(=O)C(N)CC(O)C(OCCN)NC(=O)C2C(O)CCN2C1=O. The summed E-state index contributed by atoms with van der Waals surface area (Å²) in [4.78, 5) is 151. The first-order chi connectivity index (χ1) is 40.3. The summed E-state index contributed by atoms with van der Waals surface area (Å²) in [5, 5.41) is 88.1. The van der Waals surface area contributed by atoms with E-state index in [4.69, 9.17) is 16.2 Å². The zero-order chi connectivity index (χ0) is 63.1. The quantitative estimate of drug-likeness (QED) is 0.0383. The first-order valence-electron chi connectivity index (χ1n) is 28.1. The Morgan fingerprint density at radius 2 is 1.45 bits per heavy atom. The molecule has 15 unspecified atom stereocenters. The second kappa shape index (κ2) is 35.1. The molecule has 3 fully saturated rings. The van der Waals surface area contributed by atoms with Crippen molar-refractivity contribution in [1.82, 2.24) is 57.7 Å². The zero-order valence-electron chi connectivity index (χ0n) is 48.1. The fraction of sp³-hybridized carbons (Fsp3) is 0.679. The number of rotatable bonds is 26. The molecule has 1 aromatic rings. The highest BCUT2D eigenvalue weighted by atomic mass is 32.2. The van der Waals surface area contributed by atoms with Crippen LogP contribution in [0.1, 0.15) is 71.3 Å². The van der Waals surface area contributed by atoms with Gasteiger partial charge in [0.2, 0.25) is 65.5 Å². The molecule has 19 N–H and O–H groups in total. The minimum absolute atomic E-state index is 0.0100. The Morgan fingerprint density at radius 3 is 2.08 bits per heavy atom. The van der Waals surface area contributed by atoms with Crippen LogP contribution in [-0.2, 0) is 63.9 Å². The monoisotopic (exact) mass is 1220 g/mol. The summed E-state index contributed by atoms with van der Waals surface area (Å²) < 4.78 is 5.58. The van der Waals surface area contributed by atoms with E-state index in [1.165, 1.54) is 11.8 Å². The standard InChI is InChI=1S/C53H85N13O18S/c1-27(2)20-33(59-46(77)32(58-26-68)13-19-85-4)47(78)60-34(21-29-8-6-5-7-9-29)45(76)57-16-11-40(74)56-15-10-37(71)42-53(83)65-17-12-38(72)43(65)50(81)64-51(84-18-14-54)39(73)23-31(55)44(75)62-41(28(3)69)52(82)66-24-30(70)22-36(66)49(80)61-35(25-67)48(79)63-42/h5-9,26-28,30-39,41-43,51,67,69-73H,10-25,54-55H2,1-4H3,(H,56,74)(H,57,76)(H,58,68)(H,59,77)(H,60,78)(H,61,80)(H,62,75)(H,63,79)(H,64,81). The molecular formula is C53H85N13O18S. The van der Waals surface area contributed by atoms with E-state index in [0.29, 0.717) is 24.1 Å². The third kappa shape index (κ3) is 21.4. The largest absolute Gasteiger partial charge is 0.394 e. The van der Waals surface area contributed by atoms with Crippen molar-refractivity contribution in [2.45, 2.75) is 163 Å². The van der Waals surface area contributed by atoms with E-state index in [2.05, 4.69) is 47.9 Å². The molecule has 0 aromatic heterocycles. The number of nitrogens with zero attached hydrogens (tertiary/aromatic N) is 2. The van der Waals surface area contributed by atoms with Gasteiger partial charge >= 0.3 is 0 Å². The highest BCUT2D eigenvalue weighted by Crippen LogP contribution is 2.24. The number of nitrogens with two attached hydrogens (primary N) is 2. The molecule has 15 atom stereocenters. The van der Waals surface area contributed by atoms with Gasteiger partial charge in [0.05, 0.1) is 43.7 Å². The molecule has 0 bridgehead atoms. The van der Waals surface area contributed by atoms with Crippen molar-refractivity contribution in [3.8, 4) is 0 Å². The maximum absolute atomic E-state index is 14.6. The molecule has 11 amide bonds. The van der Waals surface area contributed by atoms with Crippen LogP contribution in [0.15, 0.2) is 30.3 Å². The second-order valence-electron chi connectivity index (χ2n) is 21.5. The van der Waals surface area contributed by atoms with Crippen LogP contribution in [0.5, 0.6) is 0 Å². The molecule has 85 heavy (non-hydrogen) atoms. The number of benzene rings is 1. The fourth-order valence-electron chi connectivity index (χ4n) is 9.80. The molecule has 1 aromatic carbocycles. The number of amides is 11. The number of hydrogen-bond donors (Lipinski definition) is 17. The van der Waals surface area contributed by atoms with Gasteiger partial charge in [-0.05, 0) is 56.1 Å². The van der Waals surface area contributed by atoms with Crippen LogP contribution in [0.3, 0.4) is 0 Å². The van der Waals surface area contributed by atoms with Crippen molar-refractivity contribution in [3.63, 3.8) is 0 Å². The zero-order valence-corrected chi connectivity index (χ0v) is 48.9. The number of carbonyl (C=O) groups excluding carboxylic acids is 11. The van der Waals surface area contributed by atoms with Gasteiger partial charge in [-0.1, -0.05) is 44.2 Å². The van der Waals surface area contributed by atoms with Crippen molar-refractivity contribution < 1.29 is 88.1 Å². The van der Waals surface area contributed by atoms with Crippen LogP contribution in [0.25, 0.3) is 0 Å². The van der Waals surface area contributed by atoms with E-state index < -0.39 is 189 Å². The lowest BCUT2D eigenvalue weighted by atomic mass is 10.0. The molecule has 0 aliphatic carbocycles. The van der Waals surface area contributed by atoms with Gasteiger partial charge in [-0.25, -0.2) is 0 Å². The van der Waals surface area contributed by atoms with E-state index in [-0.39, 0.29) is 57.8 Å². The average Bonchev–Trinajstić information content (AvgIpc) is 3.73. The number of thioether (sulfide) groups is 1. The summed E-state index contributed by atoms with van der Waals surface area (Å²) >= 11 is 1.47. The molecule has 31 nitrogen and oxygen atoms in total. The van der Waals surface area contributed by atoms with Gasteiger partial charge in [-0.2, -0.15) is 11.8 Å². The molecule has 3 aliphatic rings. The predicted octanol–water partition coefficient (Wildman–Crippen LogP) is -8.25. The van der Waals surface area contributed by atoms with E-state index in [1.807, 2.05) is 20.1 Å². The molecule has 0 saturated carbocycles. The number of hydrogen-bond acceptors (Lipinski definition) is 21. The number of carbonyl (C=O) groups is 11. The number of aliphatic hydroxyl groups excluding tert-OH is 6. The van der Waals surface area contributed by atoms with Gasteiger partial charge in [0.15, 0.2) is 6.23 Å². The van der Waals surface area contributed by atoms with Crippen molar-refractivity contribution >= 4 is 77.2 Å². The van der Waals surface area contributed by atoms with Crippen LogP contribution in [0, 0.1) is 5.92 Å². The summed E-state index contributed by atoms with van der Waals surface area (Å²) in [6, 6.07) is -5.26. The Bertz CT molecular complexity index is 2430. The van der Waals surface area contributed by atoms with Gasteiger partial charge in [0.1, 0.15) is 54.4 Å². The van der Waals surface area contributed by atoms with Crippen molar-refractivity contribution in [2.75, 3.05) is 57.9 Å². The smallest absolute Gasteiger partial charge is 0.248 e. The topological polar surface area (TPSA) is 485 Å². The van der Waals surface area contributed by atoms with Crippen LogP contribution < -0.4 is 59.3 Å². The summed E-state index contributed by atoms with van der Waals surface area (Å²) in [5.41, 5.74) is 12.4. The molecule has 4 rings (SSSR count). The lowest BCUT2D eigenvalue weighted by Crippen LogP contribution is -2.63. The highest BCUT2D eigenvalue weighted by Gasteiger charge is 2.48. The van der Waals surface area contributed by atoms with E-state index in [9.17, 15) is 83.4 Å². The van der Waals surface area contributed by atoms with Gasteiger partial charge < -0.3 is 104 Å². The number of nitrogens with one attached hydrogen (secondary N) is 9. The minimum atomic E-state index is -2.05. The van der Waals surface area contributed by atoms with Gasteiger partial charge in [-0.3, -0.25) is 52.7 Å². The maximum atomic E-state index is 14.6. The maximum Gasteiger partial charge on any atom is 0.248 e. The van der Waals surface area contributed by atoms with Crippen LogP contribution in [0.4, 0.5) is 0 Å². The molecule has 0 radical (unpaired) electrons. The van der Waals surface area contributed by atoms with Crippen molar-refractivity contribution in [3.05, 3.63) is 35.9 Å². The van der Waals surface area contributed by atoms with E-state index in [0.717, 1.165) is 16.7 Å². The Labute approximate surface area is 495 Å². The lowest BCUT2D eigenvalue weighted by Gasteiger charge is -2.33. The Hall–Kier alpha value is -6.62. The average molecular weight is 1220 g/mol. The van der Waals surface area contributed by atoms with E-state index >= 15 is 0 Å². The molecule has 3 heterocycles. The third-order valence-electron chi connectivity index (χ3n) is 14.3.